The Morgan fingerprint density at radius 1 is 0.279 bits per heavy atom. The first-order chi connectivity index (χ1) is 31.1. The molecule has 6 rings (SSSR count). The SMILES string of the molecule is Cc1ccc(-c2cc(C(C)(C)C)c([O])c(C(C)(C)C)c2)cc1C#Cc1ccc(-c2cc(C(C)(C)C)c([O])c(C(C)(C)C)c2)cc1C#Cc1ccc(-c2cc(C(C)(C)C)c([O])c(C(C)(C)C)c2)cc1. The molecule has 351 valence electrons. The maximum atomic E-state index is 13.9. The van der Waals surface area contributed by atoms with Crippen molar-refractivity contribution in [3.8, 4) is 74.3 Å². The average molecular weight is 902 g/mol. The lowest BCUT2D eigenvalue weighted by Gasteiger charge is -2.27. The van der Waals surface area contributed by atoms with Crippen LogP contribution in [0.25, 0.3) is 33.4 Å². The van der Waals surface area contributed by atoms with Gasteiger partial charge in [0, 0.05) is 55.6 Å². The van der Waals surface area contributed by atoms with Crippen molar-refractivity contribution >= 4 is 0 Å². The smallest absolute Gasteiger partial charge is 0.186 e. The maximum absolute atomic E-state index is 13.9. The van der Waals surface area contributed by atoms with Crippen molar-refractivity contribution in [3.63, 3.8) is 0 Å². The summed E-state index contributed by atoms with van der Waals surface area (Å²) < 4.78 is 0. The molecule has 0 fully saturated rings. The van der Waals surface area contributed by atoms with Gasteiger partial charge in [-0.3, -0.25) is 15.3 Å². The minimum absolute atomic E-state index is 0.0961. The van der Waals surface area contributed by atoms with Crippen molar-refractivity contribution in [3.05, 3.63) is 158 Å². The fourth-order valence-corrected chi connectivity index (χ4v) is 8.62. The summed E-state index contributed by atoms with van der Waals surface area (Å²) in [4.78, 5) is 0. The van der Waals surface area contributed by atoms with Crippen molar-refractivity contribution < 1.29 is 15.3 Å². The zero-order chi connectivity index (χ0) is 50.7. The molecule has 3 heteroatoms. The molecule has 0 amide bonds. The first-order valence-electron chi connectivity index (χ1n) is 24.1. The Labute approximate surface area is 410 Å². The lowest BCUT2D eigenvalue weighted by atomic mass is 9.77. The first kappa shape index (κ1) is 51.2. The molecule has 0 bridgehead atoms. The van der Waals surface area contributed by atoms with Crippen LogP contribution in [0.5, 0.6) is 17.2 Å². The number of rotatable bonds is 3. The Morgan fingerprint density at radius 2 is 0.559 bits per heavy atom. The van der Waals surface area contributed by atoms with Crippen LogP contribution in [0.15, 0.2) is 97.1 Å². The second-order valence-corrected chi connectivity index (χ2v) is 25.1. The van der Waals surface area contributed by atoms with E-state index < -0.39 is 0 Å². The Morgan fingerprint density at radius 3 is 0.912 bits per heavy atom. The summed E-state index contributed by atoms with van der Waals surface area (Å²) in [5.41, 5.74) is 13.2. The highest BCUT2D eigenvalue weighted by molar-refractivity contribution is 5.75. The third-order valence-electron chi connectivity index (χ3n) is 12.9. The molecule has 6 aromatic carbocycles. The topological polar surface area (TPSA) is 59.7 Å². The van der Waals surface area contributed by atoms with E-state index in [1.807, 2.05) is 30.3 Å². The Balaban J connectivity index is 1.50. The van der Waals surface area contributed by atoms with Gasteiger partial charge in [0.25, 0.3) is 0 Å². The van der Waals surface area contributed by atoms with Crippen molar-refractivity contribution in [1.82, 2.24) is 0 Å². The predicted molar refractivity (Wildman–Crippen MR) is 285 cm³/mol. The van der Waals surface area contributed by atoms with Gasteiger partial charge in [-0.2, -0.15) is 0 Å². The second-order valence-electron chi connectivity index (χ2n) is 25.1. The monoisotopic (exact) mass is 902 g/mol. The van der Waals surface area contributed by atoms with Crippen molar-refractivity contribution in [2.45, 2.75) is 164 Å². The molecular formula is C65H73O3. The van der Waals surface area contributed by atoms with Crippen LogP contribution in [0, 0.1) is 30.6 Å². The normalized spacial score (nSPS) is 12.6. The van der Waals surface area contributed by atoms with Gasteiger partial charge in [0.05, 0.1) is 0 Å². The number of benzene rings is 6. The molecule has 0 spiro atoms. The van der Waals surface area contributed by atoms with E-state index in [-0.39, 0.29) is 49.7 Å². The van der Waals surface area contributed by atoms with Crippen LogP contribution >= 0.6 is 0 Å². The summed E-state index contributed by atoms with van der Waals surface area (Å²) in [6.07, 6.45) is 0. The number of hydrogen-bond donors (Lipinski definition) is 0. The summed E-state index contributed by atoms with van der Waals surface area (Å²) in [5.74, 6) is 14.3. The van der Waals surface area contributed by atoms with Crippen LogP contribution in [0.4, 0.5) is 0 Å². The Bertz CT molecular complexity index is 2910. The van der Waals surface area contributed by atoms with E-state index in [1.54, 1.807) is 0 Å². The van der Waals surface area contributed by atoms with Crippen molar-refractivity contribution in [2.24, 2.45) is 0 Å². The quantitative estimate of drug-likeness (QED) is 0.159. The van der Waals surface area contributed by atoms with Crippen LogP contribution in [0.3, 0.4) is 0 Å². The molecule has 3 radical (unpaired) electrons. The Kier molecular flexibility index (Phi) is 13.6. The van der Waals surface area contributed by atoms with Crippen molar-refractivity contribution in [1.29, 1.82) is 0 Å². The molecule has 0 saturated heterocycles. The van der Waals surface area contributed by atoms with Gasteiger partial charge in [0.2, 0.25) is 0 Å². The summed E-state index contributed by atoms with van der Waals surface area (Å²) in [6.45, 7) is 39.8. The highest BCUT2D eigenvalue weighted by Crippen LogP contribution is 2.45. The van der Waals surface area contributed by atoms with Crippen molar-refractivity contribution in [2.75, 3.05) is 0 Å². The molecule has 0 heterocycles. The van der Waals surface area contributed by atoms with E-state index in [1.165, 1.54) is 0 Å². The van der Waals surface area contributed by atoms with Crippen LogP contribution in [-0.2, 0) is 47.8 Å². The van der Waals surface area contributed by atoms with E-state index in [0.29, 0.717) is 0 Å². The van der Waals surface area contributed by atoms with Gasteiger partial charge < -0.3 is 0 Å². The van der Waals surface area contributed by atoms with Gasteiger partial charge in [-0.25, -0.2) is 0 Å². The Hall–Kier alpha value is -6.16. The van der Waals surface area contributed by atoms with E-state index >= 15 is 0 Å². The minimum Gasteiger partial charge on any atom is -0.289 e. The van der Waals surface area contributed by atoms with Gasteiger partial charge >= 0.3 is 0 Å². The molecular weight excluding hydrogens is 829 g/mol. The molecule has 0 aromatic heterocycles. The van der Waals surface area contributed by atoms with E-state index in [0.717, 1.165) is 94.6 Å². The summed E-state index contributed by atoms with van der Waals surface area (Å²) in [5, 5.41) is 41.3. The lowest BCUT2D eigenvalue weighted by Crippen LogP contribution is -2.17. The summed E-state index contributed by atoms with van der Waals surface area (Å²) >= 11 is 0. The van der Waals surface area contributed by atoms with Gasteiger partial charge in [-0.15, -0.1) is 0 Å². The zero-order valence-electron chi connectivity index (χ0n) is 44.5. The fourth-order valence-electron chi connectivity index (χ4n) is 8.62. The first-order valence-corrected chi connectivity index (χ1v) is 24.1. The fraction of sp³-hybridized carbons (Fsp3) is 0.385. The zero-order valence-corrected chi connectivity index (χ0v) is 44.5. The highest BCUT2D eigenvalue weighted by Gasteiger charge is 2.31. The maximum Gasteiger partial charge on any atom is 0.186 e. The average Bonchev–Trinajstić information content (AvgIpc) is 3.20. The third kappa shape index (κ3) is 11.2. The molecule has 0 saturated carbocycles. The highest BCUT2D eigenvalue weighted by atomic mass is 16.3. The van der Waals surface area contributed by atoms with E-state index in [9.17, 15) is 15.3 Å². The molecule has 3 nitrogen and oxygen atoms in total. The van der Waals surface area contributed by atoms with Crippen LogP contribution in [0.2, 0.25) is 0 Å². The molecule has 0 aliphatic heterocycles. The van der Waals surface area contributed by atoms with E-state index in [4.69, 9.17) is 0 Å². The molecule has 0 N–H and O–H groups in total. The predicted octanol–water partition coefficient (Wildman–Crippen LogP) is 18.0. The summed E-state index contributed by atoms with van der Waals surface area (Å²) in [6, 6.07) is 33.2. The molecule has 0 unspecified atom stereocenters. The van der Waals surface area contributed by atoms with Crippen LogP contribution in [-0.4, -0.2) is 0 Å². The van der Waals surface area contributed by atoms with Gasteiger partial charge in [-0.05, 0) is 145 Å². The molecule has 0 aliphatic rings. The third-order valence-corrected chi connectivity index (χ3v) is 12.9. The van der Waals surface area contributed by atoms with E-state index in [2.05, 4.69) is 222 Å². The number of hydrogen-bond acceptors (Lipinski definition) is 0. The summed E-state index contributed by atoms with van der Waals surface area (Å²) in [7, 11) is 0. The minimum atomic E-state index is -0.348. The van der Waals surface area contributed by atoms with Crippen LogP contribution in [0.1, 0.15) is 186 Å². The van der Waals surface area contributed by atoms with Gasteiger partial charge in [0.15, 0.2) is 17.2 Å². The molecule has 0 aliphatic carbocycles. The largest absolute Gasteiger partial charge is 0.289 e. The molecule has 0 atom stereocenters. The van der Waals surface area contributed by atoms with Gasteiger partial charge in [0.1, 0.15) is 0 Å². The molecule has 68 heavy (non-hydrogen) atoms. The second kappa shape index (κ2) is 18.1. The number of aryl methyl sites for hydroxylation is 1. The van der Waals surface area contributed by atoms with Gasteiger partial charge in [-0.1, -0.05) is 179 Å². The lowest BCUT2D eigenvalue weighted by molar-refractivity contribution is 0.326. The standard InChI is InChI=1S/C65H73O3/c1-40-20-24-46(49-36-53(62(8,9)10)58(67)54(37-49)63(11,12)13)32-44(40)30-28-42-29-31-47(50-38-55(64(14,15)16)59(68)56(39-50)65(17,18)19)33-45(42)27-23-41-21-25-43(26-22-41)48-34-51(60(2,3)4)57(66)52(35-48)61(5,6)7/h20-22,24-26,29,31-39H,1-19H3. The van der Waals surface area contributed by atoms with Crippen LogP contribution < -0.4 is 0 Å². The molecule has 6 aromatic rings.